The molecule has 0 aromatic heterocycles. The van der Waals surface area contributed by atoms with Crippen molar-refractivity contribution >= 4 is 35.0 Å². The Morgan fingerprint density at radius 3 is 2.12 bits per heavy atom. The first kappa shape index (κ1) is 18.7. The largest absolute Gasteiger partial charge is 0.497 e. The van der Waals surface area contributed by atoms with Crippen LogP contribution >= 0.6 is 23.2 Å². The van der Waals surface area contributed by atoms with Crippen LogP contribution in [0.5, 0.6) is 11.5 Å². The SMILES string of the molecule is COc1cc(OC)cc(C(=O)N2CCC(NC(=O)C(Cl)Cl)CC2)c1. The number of hydrogen-bond acceptors (Lipinski definition) is 4. The van der Waals surface area contributed by atoms with Gasteiger partial charge in [-0.1, -0.05) is 23.2 Å². The molecule has 0 bridgehead atoms. The molecule has 1 aliphatic rings. The number of likely N-dealkylation sites (tertiary alicyclic amines) is 1. The summed E-state index contributed by atoms with van der Waals surface area (Å²) in [5.41, 5.74) is 0.510. The molecule has 24 heavy (non-hydrogen) atoms. The molecule has 0 radical (unpaired) electrons. The fourth-order valence-electron chi connectivity index (χ4n) is 2.60. The summed E-state index contributed by atoms with van der Waals surface area (Å²) >= 11 is 11.1. The smallest absolute Gasteiger partial charge is 0.254 e. The number of carbonyl (C=O) groups is 2. The zero-order valence-electron chi connectivity index (χ0n) is 13.6. The molecule has 1 aliphatic heterocycles. The predicted octanol–water partition coefficient (Wildman–Crippen LogP) is 2.23. The van der Waals surface area contributed by atoms with E-state index in [0.717, 1.165) is 0 Å². The Labute approximate surface area is 151 Å². The highest BCUT2D eigenvalue weighted by atomic mass is 35.5. The van der Waals surface area contributed by atoms with E-state index in [9.17, 15) is 9.59 Å². The maximum atomic E-state index is 12.7. The first-order chi connectivity index (χ1) is 11.4. The Morgan fingerprint density at radius 2 is 1.67 bits per heavy atom. The highest BCUT2D eigenvalue weighted by Crippen LogP contribution is 2.24. The molecule has 0 atom stereocenters. The molecule has 1 aromatic rings. The van der Waals surface area contributed by atoms with Gasteiger partial charge in [0.05, 0.1) is 14.2 Å². The van der Waals surface area contributed by atoms with Gasteiger partial charge in [-0.2, -0.15) is 0 Å². The van der Waals surface area contributed by atoms with Crippen LogP contribution in [0.25, 0.3) is 0 Å². The molecule has 0 aliphatic carbocycles. The molecule has 8 heteroatoms. The first-order valence-electron chi connectivity index (χ1n) is 7.55. The van der Waals surface area contributed by atoms with Crippen LogP contribution in [0.1, 0.15) is 23.2 Å². The normalized spacial score (nSPS) is 15.3. The summed E-state index contributed by atoms with van der Waals surface area (Å²) in [6.45, 7) is 1.08. The van der Waals surface area contributed by atoms with Crippen molar-refractivity contribution in [1.29, 1.82) is 0 Å². The molecular weight excluding hydrogens is 355 g/mol. The summed E-state index contributed by atoms with van der Waals surface area (Å²) in [5, 5.41) is 2.77. The molecule has 0 unspecified atom stereocenters. The van der Waals surface area contributed by atoms with Gasteiger partial charge in [0.15, 0.2) is 4.84 Å². The highest BCUT2D eigenvalue weighted by Gasteiger charge is 2.26. The lowest BCUT2D eigenvalue weighted by atomic mass is 10.0. The van der Waals surface area contributed by atoms with Gasteiger partial charge in [0.1, 0.15) is 11.5 Å². The summed E-state index contributed by atoms with van der Waals surface area (Å²) in [4.78, 5) is 24.8. The Balaban J connectivity index is 1.99. The van der Waals surface area contributed by atoms with Gasteiger partial charge in [0, 0.05) is 30.8 Å². The third-order valence-corrected chi connectivity index (χ3v) is 4.32. The average molecular weight is 375 g/mol. The summed E-state index contributed by atoms with van der Waals surface area (Å²) in [6.07, 6.45) is 1.30. The number of carbonyl (C=O) groups excluding carboxylic acids is 2. The van der Waals surface area contributed by atoms with E-state index in [-0.39, 0.29) is 11.9 Å². The number of benzene rings is 1. The van der Waals surface area contributed by atoms with Crippen LogP contribution in [0, 0.1) is 0 Å². The number of ether oxygens (including phenoxy) is 2. The third-order valence-electron chi connectivity index (χ3n) is 3.93. The lowest BCUT2D eigenvalue weighted by Crippen LogP contribution is -2.47. The number of rotatable bonds is 5. The minimum atomic E-state index is -1.08. The van der Waals surface area contributed by atoms with E-state index in [4.69, 9.17) is 32.7 Å². The summed E-state index contributed by atoms with van der Waals surface area (Å²) in [5.74, 6) is 0.635. The van der Waals surface area contributed by atoms with Gasteiger partial charge >= 0.3 is 0 Å². The molecule has 1 N–H and O–H groups in total. The molecule has 6 nitrogen and oxygen atoms in total. The predicted molar refractivity (Wildman–Crippen MR) is 92.1 cm³/mol. The third kappa shape index (κ3) is 4.68. The van der Waals surface area contributed by atoms with E-state index >= 15 is 0 Å². The van der Waals surface area contributed by atoms with E-state index in [1.807, 2.05) is 0 Å². The second-order valence-electron chi connectivity index (χ2n) is 5.48. The second kappa shape index (κ2) is 8.44. The topological polar surface area (TPSA) is 67.9 Å². The van der Waals surface area contributed by atoms with Crippen molar-refractivity contribution < 1.29 is 19.1 Å². The van der Waals surface area contributed by atoms with Crippen LogP contribution in [0.4, 0.5) is 0 Å². The van der Waals surface area contributed by atoms with Gasteiger partial charge in [-0.3, -0.25) is 9.59 Å². The van der Waals surface area contributed by atoms with Gasteiger partial charge in [0.2, 0.25) is 0 Å². The lowest BCUT2D eigenvalue weighted by Gasteiger charge is -2.32. The van der Waals surface area contributed by atoms with Crippen molar-refractivity contribution in [3.63, 3.8) is 0 Å². The molecule has 1 saturated heterocycles. The van der Waals surface area contributed by atoms with E-state index in [1.165, 1.54) is 14.2 Å². The number of alkyl halides is 2. The van der Waals surface area contributed by atoms with Crippen LogP contribution in [0.15, 0.2) is 18.2 Å². The van der Waals surface area contributed by atoms with Gasteiger partial charge in [-0.25, -0.2) is 0 Å². The van der Waals surface area contributed by atoms with Gasteiger partial charge in [-0.15, -0.1) is 0 Å². The lowest BCUT2D eigenvalue weighted by molar-refractivity contribution is -0.120. The number of piperidine rings is 1. The molecule has 1 fully saturated rings. The van der Waals surface area contributed by atoms with Gasteiger partial charge in [0.25, 0.3) is 11.8 Å². The maximum absolute atomic E-state index is 12.7. The zero-order chi connectivity index (χ0) is 17.7. The fraction of sp³-hybridized carbons (Fsp3) is 0.500. The molecule has 0 saturated carbocycles. The summed E-state index contributed by atoms with van der Waals surface area (Å²) in [7, 11) is 3.08. The molecule has 2 amide bonds. The van der Waals surface area contributed by atoms with Crippen LogP contribution in [0.3, 0.4) is 0 Å². The number of amides is 2. The average Bonchev–Trinajstić information content (AvgIpc) is 2.61. The molecule has 1 heterocycles. The van der Waals surface area contributed by atoms with E-state index < -0.39 is 10.7 Å². The van der Waals surface area contributed by atoms with Crippen molar-refractivity contribution in [2.24, 2.45) is 0 Å². The first-order valence-corrected chi connectivity index (χ1v) is 8.42. The zero-order valence-corrected chi connectivity index (χ0v) is 15.1. The Hall–Kier alpha value is -1.66. The molecule has 0 spiro atoms. The van der Waals surface area contributed by atoms with Crippen LogP contribution in [-0.2, 0) is 4.79 Å². The molecule has 1 aromatic carbocycles. The Bertz CT molecular complexity index is 579. The summed E-state index contributed by atoms with van der Waals surface area (Å²) < 4.78 is 10.4. The van der Waals surface area contributed by atoms with Crippen LogP contribution in [-0.4, -0.2) is 54.9 Å². The van der Waals surface area contributed by atoms with Gasteiger partial charge < -0.3 is 19.7 Å². The van der Waals surface area contributed by atoms with Gasteiger partial charge in [-0.05, 0) is 25.0 Å². The Kier molecular flexibility index (Phi) is 6.57. The van der Waals surface area contributed by atoms with E-state index in [1.54, 1.807) is 23.1 Å². The second-order valence-corrected chi connectivity index (χ2v) is 6.57. The molecule has 2 rings (SSSR count). The van der Waals surface area contributed by atoms with E-state index in [0.29, 0.717) is 43.0 Å². The number of halogens is 2. The summed E-state index contributed by atoms with van der Waals surface area (Å²) in [6, 6.07) is 5.06. The minimum absolute atomic E-state index is 0.0265. The van der Waals surface area contributed by atoms with E-state index in [2.05, 4.69) is 5.32 Å². The molecule has 132 valence electrons. The van der Waals surface area contributed by atoms with Crippen LogP contribution < -0.4 is 14.8 Å². The Morgan fingerprint density at radius 1 is 1.12 bits per heavy atom. The minimum Gasteiger partial charge on any atom is -0.497 e. The number of hydrogen-bond donors (Lipinski definition) is 1. The number of nitrogens with one attached hydrogen (secondary N) is 1. The van der Waals surface area contributed by atoms with Crippen LogP contribution in [0.2, 0.25) is 0 Å². The monoisotopic (exact) mass is 374 g/mol. The van der Waals surface area contributed by atoms with Crippen molar-refractivity contribution in [1.82, 2.24) is 10.2 Å². The quantitative estimate of drug-likeness (QED) is 0.802. The maximum Gasteiger partial charge on any atom is 0.254 e. The standard InChI is InChI=1S/C16H20Cl2N2O4/c1-23-12-7-10(8-13(9-12)24-2)16(22)20-5-3-11(4-6-20)19-15(21)14(17)18/h7-9,11,14H,3-6H2,1-2H3,(H,19,21). The number of methoxy groups -OCH3 is 2. The van der Waals surface area contributed by atoms with Crippen molar-refractivity contribution in [2.75, 3.05) is 27.3 Å². The molecular formula is C16H20Cl2N2O4. The van der Waals surface area contributed by atoms with Crippen molar-refractivity contribution in [3.8, 4) is 11.5 Å². The highest BCUT2D eigenvalue weighted by molar-refractivity contribution is 6.53. The van der Waals surface area contributed by atoms with Crippen molar-refractivity contribution in [2.45, 2.75) is 23.7 Å². The fourth-order valence-corrected chi connectivity index (χ4v) is 2.73. The number of nitrogens with zero attached hydrogens (tertiary/aromatic N) is 1. The van der Waals surface area contributed by atoms with Crippen molar-refractivity contribution in [3.05, 3.63) is 23.8 Å².